The highest BCUT2D eigenvalue weighted by atomic mass is 16.4. The van der Waals surface area contributed by atoms with Gasteiger partial charge in [0.05, 0.1) is 6.42 Å². The van der Waals surface area contributed by atoms with Gasteiger partial charge in [0.1, 0.15) is 0 Å². The molecule has 0 saturated heterocycles. The van der Waals surface area contributed by atoms with E-state index in [1.165, 1.54) is 32.1 Å². The van der Waals surface area contributed by atoms with E-state index in [4.69, 9.17) is 5.11 Å². The molecule has 0 aliphatic heterocycles. The first-order valence-electron chi connectivity index (χ1n) is 8.64. The molecule has 0 aromatic heterocycles. The van der Waals surface area contributed by atoms with E-state index in [9.17, 15) is 9.59 Å². The van der Waals surface area contributed by atoms with Gasteiger partial charge in [-0.05, 0) is 68.6 Å². The van der Waals surface area contributed by atoms with Crippen LogP contribution in [-0.4, -0.2) is 34.5 Å². The summed E-state index contributed by atoms with van der Waals surface area (Å²) >= 11 is 0. The molecule has 5 rings (SSSR count). The Kier molecular flexibility index (Phi) is 3.23. The molecule has 0 aromatic rings. The molecule has 21 heavy (non-hydrogen) atoms. The molecule has 4 nitrogen and oxygen atoms in total. The van der Waals surface area contributed by atoms with Crippen LogP contribution in [0.4, 0.5) is 0 Å². The maximum atomic E-state index is 13.1. The molecule has 5 fully saturated rings. The molecule has 1 N–H and O–H groups in total. The Bertz CT molecular complexity index is 429. The van der Waals surface area contributed by atoms with E-state index in [1.54, 1.807) is 0 Å². The summed E-state index contributed by atoms with van der Waals surface area (Å²) < 4.78 is 0. The molecule has 0 aromatic carbocycles. The molecule has 0 spiro atoms. The van der Waals surface area contributed by atoms with E-state index in [0.29, 0.717) is 30.3 Å². The van der Waals surface area contributed by atoms with Crippen molar-refractivity contribution >= 4 is 11.9 Å². The van der Waals surface area contributed by atoms with E-state index in [2.05, 4.69) is 0 Å². The van der Waals surface area contributed by atoms with Crippen LogP contribution in [0.5, 0.6) is 0 Å². The van der Waals surface area contributed by atoms with Crippen molar-refractivity contribution in [1.29, 1.82) is 0 Å². The fourth-order valence-electron chi connectivity index (χ4n) is 5.59. The Morgan fingerprint density at radius 2 is 1.52 bits per heavy atom. The van der Waals surface area contributed by atoms with Gasteiger partial charge in [0.2, 0.25) is 5.91 Å². The Hall–Kier alpha value is -1.06. The molecule has 4 bridgehead atoms. The largest absolute Gasteiger partial charge is 0.481 e. The maximum Gasteiger partial charge on any atom is 0.305 e. The quantitative estimate of drug-likeness (QED) is 0.847. The van der Waals surface area contributed by atoms with Crippen molar-refractivity contribution in [1.82, 2.24) is 4.90 Å². The van der Waals surface area contributed by atoms with E-state index < -0.39 is 5.97 Å². The Morgan fingerprint density at radius 3 is 2.00 bits per heavy atom. The number of aliphatic carboxylic acids is 1. The summed E-state index contributed by atoms with van der Waals surface area (Å²) in [5.74, 6) is 2.67. The molecule has 0 radical (unpaired) electrons. The van der Waals surface area contributed by atoms with Crippen LogP contribution in [0.25, 0.3) is 0 Å². The topological polar surface area (TPSA) is 57.6 Å². The minimum absolute atomic E-state index is 0.0928. The van der Waals surface area contributed by atoms with E-state index in [0.717, 1.165) is 24.7 Å². The summed E-state index contributed by atoms with van der Waals surface area (Å²) in [7, 11) is 0. The lowest BCUT2D eigenvalue weighted by Crippen LogP contribution is -2.52. The molecule has 1 amide bonds. The molecule has 0 unspecified atom stereocenters. The Balaban J connectivity index is 1.49. The molecule has 4 heteroatoms. The van der Waals surface area contributed by atoms with Crippen LogP contribution >= 0.6 is 0 Å². The molecule has 116 valence electrons. The number of hydrogen-bond donors (Lipinski definition) is 1. The first-order valence-corrected chi connectivity index (χ1v) is 8.64. The third kappa shape index (κ3) is 2.47. The van der Waals surface area contributed by atoms with Gasteiger partial charge >= 0.3 is 5.97 Å². The zero-order valence-electron chi connectivity index (χ0n) is 12.5. The van der Waals surface area contributed by atoms with Crippen molar-refractivity contribution in [2.75, 3.05) is 6.54 Å². The fourth-order valence-corrected chi connectivity index (χ4v) is 5.59. The highest BCUT2D eigenvalue weighted by Gasteiger charge is 2.52. The predicted octanol–water partition coefficient (Wildman–Crippen LogP) is 2.52. The van der Waals surface area contributed by atoms with Gasteiger partial charge in [-0.2, -0.15) is 0 Å². The third-order valence-corrected chi connectivity index (χ3v) is 6.35. The van der Waals surface area contributed by atoms with Crippen LogP contribution < -0.4 is 0 Å². The second-order valence-electron chi connectivity index (χ2n) is 7.86. The van der Waals surface area contributed by atoms with Crippen molar-refractivity contribution in [2.24, 2.45) is 29.6 Å². The summed E-state index contributed by atoms with van der Waals surface area (Å²) in [6.07, 6.45) is 8.63. The number of amides is 1. The second-order valence-corrected chi connectivity index (χ2v) is 7.86. The van der Waals surface area contributed by atoms with Crippen molar-refractivity contribution in [2.45, 2.75) is 57.4 Å². The maximum absolute atomic E-state index is 13.1. The van der Waals surface area contributed by atoms with Crippen LogP contribution in [0.1, 0.15) is 51.4 Å². The van der Waals surface area contributed by atoms with Crippen molar-refractivity contribution in [3.8, 4) is 0 Å². The van der Waals surface area contributed by atoms with Gasteiger partial charge in [0.25, 0.3) is 0 Å². The number of nitrogens with zero attached hydrogens (tertiary/aromatic N) is 1. The normalized spacial score (nSPS) is 40.3. The molecular formula is C17H25NO3. The van der Waals surface area contributed by atoms with Crippen molar-refractivity contribution in [3.63, 3.8) is 0 Å². The monoisotopic (exact) mass is 291 g/mol. The zero-order valence-corrected chi connectivity index (χ0v) is 12.5. The van der Waals surface area contributed by atoms with Gasteiger partial charge in [0.15, 0.2) is 0 Å². The summed E-state index contributed by atoms with van der Waals surface area (Å²) in [5.41, 5.74) is 0. The van der Waals surface area contributed by atoms with E-state index in [-0.39, 0.29) is 12.3 Å². The number of carbonyl (C=O) groups is 2. The standard InChI is InChI=1S/C17H25NO3/c19-15(20)3-4-18(14-1-2-14)17(21)16-12-6-10-5-11(8-12)9-13(16)7-10/h10-14,16H,1-9H2,(H,19,20). The van der Waals surface area contributed by atoms with E-state index >= 15 is 0 Å². The molecule has 5 aliphatic carbocycles. The van der Waals surface area contributed by atoms with Crippen LogP contribution in [0.2, 0.25) is 0 Å². The number of rotatable bonds is 5. The number of carbonyl (C=O) groups excluding carboxylic acids is 1. The van der Waals surface area contributed by atoms with Crippen molar-refractivity contribution in [3.05, 3.63) is 0 Å². The molecule has 0 atom stereocenters. The number of hydrogen-bond acceptors (Lipinski definition) is 2. The van der Waals surface area contributed by atoms with Crippen LogP contribution in [0.15, 0.2) is 0 Å². The summed E-state index contributed by atoms with van der Waals surface area (Å²) in [4.78, 5) is 25.8. The van der Waals surface area contributed by atoms with Gasteiger partial charge in [0, 0.05) is 18.5 Å². The lowest BCUT2D eigenvalue weighted by Gasteiger charge is -2.54. The lowest BCUT2D eigenvalue weighted by molar-refractivity contribution is -0.150. The molecular weight excluding hydrogens is 266 g/mol. The Morgan fingerprint density at radius 1 is 0.952 bits per heavy atom. The SMILES string of the molecule is O=C(O)CCN(C(=O)C1C2CC3CC(C2)CC1C3)C1CC1. The van der Waals surface area contributed by atoms with Gasteiger partial charge in [-0.25, -0.2) is 0 Å². The lowest BCUT2D eigenvalue weighted by atomic mass is 9.51. The van der Waals surface area contributed by atoms with Gasteiger partial charge in [-0.1, -0.05) is 0 Å². The third-order valence-electron chi connectivity index (χ3n) is 6.35. The molecule has 0 heterocycles. The summed E-state index contributed by atoms with van der Waals surface area (Å²) in [6, 6.07) is 0.342. The highest BCUT2D eigenvalue weighted by Crippen LogP contribution is 2.57. The molecule has 5 aliphatic rings. The minimum atomic E-state index is -0.793. The fraction of sp³-hybridized carbons (Fsp3) is 0.882. The van der Waals surface area contributed by atoms with Gasteiger partial charge in [-0.3, -0.25) is 9.59 Å². The smallest absolute Gasteiger partial charge is 0.305 e. The number of carboxylic acid groups (broad SMARTS) is 1. The second kappa shape index (κ2) is 4.99. The first-order chi connectivity index (χ1) is 10.1. The van der Waals surface area contributed by atoms with Crippen LogP contribution in [0, 0.1) is 29.6 Å². The zero-order chi connectivity index (χ0) is 14.6. The van der Waals surface area contributed by atoms with Crippen LogP contribution in [-0.2, 0) is 9.59 Å². The molecule has 5 saturated carbocycles. The Labute approximate surface area is 125 Å². The predicted molar refractivity (Wildman–Crippen MR) is 77.5 cm³/mol. The average molecular weight is 291 g/mol. The minimum Gasteiger partial charge on any atom is -0.481 e. The number of carboxylic acids is 1. The van der Waals surface area contributed by atoms with E-state index in [1.807, 2.05) is 4.90 Å². The van der Waals surface area contributed by atoms with Crippen molar-refractivity contribution < 1.29 is 14.7 Å². The summed E-state index contributed by atoms with van der Waals surface area (Å²) in [6.45, 7) is 0.418. The van der Waals surface area contributed by atoms with Gasteiger partial charge in [-0.15, -0.1) is 0 Å². The first kappa shape index (κ1) is 13.6. The highest BCUT2D eigenvalue weighted by molar-refractivity contribution is 5.81. The average Bonchev–Trinajstić information content (AvgIpc) is 3.21. The van der Waals surface area contributed by atoms with Crippen LogP contribution in [0.3, 0.4) is 0 Å². The summed E-state index contributed by atoms with van der Waals surface area (Å²) in [5, 5.41) is 8.92. The van der Waals surface area contributed by atoms with Gasteiger partial charge < -0.3 is 10.0 Å².